The SMILES string of the molecule is O=C(NCCc1cncn1Cc1ccccc1)c1ccn(Cc2ccccc2)c(=O)c1. The summed E-state index contributed by atoms with van der Waals surface area (Å²) in [6.45, 7) is 1.68. The van der Waals surface area contributed by atoms with Crippen molar-refractivity contribution in [3.8, 4) is 0 Å². The molecule has 0 saturated carbocycles. The molecule has 1 amide bonds. The first-order chi connectivity index (χ1) is 15.2. The van der Waals surface area contributed by atoms with E-state index in [2.05, 4.69) is 27.0 Å². The Bertz CT molecular complexity index is 1200. The molecule has 0 saturated heterocycles. The fraction of sp³-hybridized carbons (Fsp3) is 0.160. The molecule has 4 aromatic rings. The lowest BCUT2D eigenvalue weighted by Gasteiger charge is -2.10. The van der Waals surface area contributed by atoms with Gasteiger partial charge in [0.25, 0.3) is 11.5 Å². The average Bonchev–Trinajstić information content (AvgIpc) is 3.23. The highest BCUT2D eigenvalue weighted by molar-refractivity contribution is 5.93. The van der Waals surface area contributed by atoms with E-state index in [0.717, 1.165) is 17.8 Å². The zero-order valence-corrected chi connectivity index (χ0v) is 17.1. The van der Waals surface area contributed by atoms with Crippen molar-refractivity contribution >= 4 is 5.91 Å². The number of nitrogens with one attached hydrogen (secondary N) is 1. The quantitative estimate of drug-likeness (QED) is 0.484. The summed E-state index contributed by atoms with van der Waals surface area (Å²) in [5.74, 6) is -0.252. The molecule has 0 atom stereocenters. The summed E-state index contributed by atoms with van der Waals surface area (Å²) in [4.78, 5) is 29.1. The van der Waals surface area contributed by atoms with Crippen LogP contribution in [0.3, 0.4) is 0 Å². The van der Waals surface area contributed by atoms with E-state index in [1.165, 1.54) is 11.6 Å². The van der Waals surface area contributed by atoms with Crippen LogP contribution in [0.25, 0.3) is 0 Å². The Morgan fingerprint density at radius 3 is 2.16 bits per heavy atom. The molecule has 0 aliphatic carbocycles. The summed E-state index contributed by atoms with van der Waals surface area (Å²) in [5.41, 5.74) is 3.45. The molecule has 2 heterocycles. The Balaban J connectivity index is 1.33. The van der Waals surface area contributed by atoms with Crippen molar-refractivity contribution in [1.29, 1.82) is 0 Å². The van der Waals surface area contributed by atoms with Crippen LogP contribution in [-0.2, 0) is 19.5 Å². The Morgan fingerprint density at radius 2 is 1.52 bits per heavy atom. The first-order valence-corrected chi connectivity index (χ1v) is 10.2. The Hall–Kier alpha value is -3.93. The van der Waals surface area contributed by atoms with E-state index >= 15 is 0 Å². The molecule has 2 aromatic heterocycles. The fourth-order valence-corrected chi connectivity index (χ4v) is 3.44. The molecular formula is C25H24N4O2. The molecule has 6 nitrogen and oxygen atoms in total. The molecule has 4 rings (SSSR count). The molecule has 0 fully saturated rings. The highest BCUT2D eigenvalue weighted by Gasteiger charge is 2.09. The van der Waals surface area contributed by atoms with Crippen LogP contribution in [-0.4, -0.2) is 26.6 Å². The smallest absolute Gasteiger partial charge is 0.251 e. The monoisotopic (exact) mass is 412 g/mol. The number of carbonyl (C=O) groups is 1. The van der Waals surface area contributed by atoms with E-state index in [1.54, 1.807) is 23.2 Å². The van der Waals surface area contributed by atoms with Crippen LogP contribution in [0.5, 0.6) is 0 Å². The van der Waals surface area contributed by atoms with Crippen LogP contribution in [0.15, 0.2) is 96.3 Å². The van der Waals surface area contributed by atoms with Gasteiger partial charge in [-0.1, -0.05) is 60.7 Å². The summed E-state index contributed by atoms with van der Waals surface area (Å²) >= 11 is 0. The van der Waals surface area contributed by atoms with Gasteiger partial charge in [0.15, 0.2) is 0 Å². The first-order valence-electron chi connectivity index (χ1n) is 10.2. The number of rotatable bonds is 8. The molecule has 0 radical (unpaired) electrons. The molecule has 0 spiro atoms. The fourth-order valence-electron chi connectivity index (χ4n) is 3.44. The van der Waals surface area contributed by atoms with Gasteiger partial charge in [-0.15, -0.1) is 0 Å². The van der Waals surface area contributed by atoms with E-state index in [9.17, 15) is 9.59 Å². The van der Waals surface area contributed by atoms with E-state index in [-0.39, 0.29) is 11.5 Å². The maximum absolute atomic E-state index is 12.5. The number of carbonyl (C=O) groups excluding carboxylic acids is 1. The van der Waals surface area contributed by atoms with Crippen LogP contribution >= 0.6 is 0 Å². The lowest BCUT2D eigenvalue weighted by atomic mass is 10.2. The summed E-state index contributed by atoms with van der Waals surface area (Å²) in [7, 11) is 0. The third kappa shape index (κ3) is 5.36. The van der Waals surface area contributed by atoms with Gasteiger partial charge in [0, 0.05) is 49.2 Å². The molecule has 6 heteroatoms. The van der Waals surface area contributed by atoms with Crippen molar-refractivity contribution in [2.45, 2.75) is 19.5 Å². The Kier molecular flexibility index (Phi) is 6.38. The molecule has 1 N–H and O–H groups in total. The third-order valence-corrected chi connectivity index (χ3v) is 5.11. The topological polar surface area (TPSA) is 68.9 Å². The van der Waals surface area contributed by atoms with Gasteiger partial charge >= 0.3 is 0 Å². The van der Waals surface area contributed by atoms with Crippen LogP contribution < -0.4 is 10.9 Å². The standard InChI is InChI=1S/C25H24N4O2/c30-24-15-22(12-14-28(24)17-20-7-3-1-4-8-20)25(31)27-13-11-23-16-26-19-29(23)18-21-9-5-2-6-10-21/h1-10,12,14-16,19H,11,13,17-18H2,(H,27,31). The molecule has 0 aliphatic rings. The van der Waals surface area contributed by atoms with Gasteiger partial charge in [0.1, 0.15) is 0 Å². The van der Waals surface area contributed by atoms with Gasteiger partial charge < -0.3 is 14.5 Å². The average molecular weight is 412 g/mol. The number of imidazole rings is 1. The van der Waals surface area contributed by atoms with E-state index in [0.29, 0.717) is 25.1 Å². The van der Waals surface area contributed by atoms with Crippen LogP contribution in [0.4, 0.5) is 0 Å². The largest absolute Gasteiger partial charge is 0.352 e. The Morgan fingerprint density at radius 1 is 0.871 bits per heavy atom. The zero-order chi connectivity index (χ0) is 21.5. The molecule has 2 aromatic carbocycles. The number of hydrogen-bond donors (Lipinski definition) is 1. The summed E-state index contributed by atoms with van der Waals surface area (Å²) < 4.78 is 3.67. The number of amides is 1. The minimum absolute atomic E-state index is 0.197. The number of pyridine rings is 1. The van der Waals surface area contributed by atoms with Crippen molar-refractivity contribution < 1.29 is 4.79 Å². The normalized spacial score (nSPS) is 10.7. The summed E-state index contributed by atoms with van der Waals surface area (Å²) in [5, 5.41) is 2.90. The van der Waals surface area contributed by atoms with Crippen molar-refractivity contribution in [1.82, 2.24) is 19.4 Å². The first kappa shape index (κ1) is 20.3. The maximum Gasteiger partial charge on any atom is 0.251 e. The summed E-state index contributed by atoms with van der Waals surface area (Å²) in [6.07, 6.45) is 5.94. The number of nitrogens with zero attached hydrogens (tertiary/aromatic N) is 3. The van der Waals surface area contributed by atoms with Gasteiger partial charge in [-0.05, 0) is 17.2 Å². The van der Waals surface area contributed by atoms with Crippen LogP contribution in [0.1, 0.15) is 27.2 Å². The Labute approximate surface area is 180 Å². The predicted octanol–water partition coefficient (Wildman–Crippen LogP) is 3.11. The van der Waals surface area contributed by atoms with E-state index in [4.69, 9.17) is 0 Å². The zero-order valence-electron chi connectivity index (χ0n) is 17.1. The highest BCUT2D eigenvalue weighted by Crippen LogP contribution is 2.07. The van der Waals surface area contributed by atoms with Crippen molar-refractivity contribution in [2.75, 3.05) is 6.54 Å². The third-order valence-electron chi connectivity index (χ3n) is 5.11. The second-order valence-corrected chi connectivity index (χ2v) is 7.37. The van der Waals surface area contributed by atoms with Gasteiger partial charge in [0.05, 0.1) is 12.9 Å². The van der Waals surface area contributed by atoms with Gasteiger partial charge in [0.2, 0.25) is 0 Å². The van der Waals surface area contributed by atoms with Gasteiger partial charge in [-0.3, -0.25) is 9.59 Å². The number of hydrogen-bond acceptors (Lipinski definition) is 3. The predicted molar refractivity (Wildman–Crippen MR) is 120 cm³/mol. The van der Waals surface area contributed by atoms with Crippen LogP contribution in [0, 0.1) is 0 Å². The van der Waals surface area contributed by atoms with E-state index in [1.807, 2.05) is 54.7 Å². The van der Waals surface area contributed by atoms with Crippen molar-refractivity contribution in [3.05, 3.63) is 124 Å². The number of aromatic nitrogens is 3. The highest BCUT2D eigenvalue weighted by atomic mass is 16.2. The van der Waals surface area contributed by atoms with Gasteiger partial charge in [-0.25, -0.2) is 4.98 Å². The lowest BCUT2D eigenvalue weighted by Crippen LogP contribution is -2.28. The van der Waals surface area contributed by atoms with Crippen LogP contribution in [0.2, 0.25) is 0 Å². The van der Waals surface area contributed by atoms with E-state index < -0.39 is 0 Å². The molecule has 0 unspecified atom stereocenters. The molecule has 156 valence electrons. The lowest BCUT2D eigenvalue weighted by molar-refractivity contribution is 0.0953. The summed E-state index contributed by atoms with van der Waals surface area (Å²) in [6, 6.07) is 23.0. The molecule has 31 heavy (non-hydrogen) atoms. The molecule has 0 aliphatic heterocycles. The second kappa shape index (κ2) is 9.71. The van der Waals surface area contributed by atoms with Gasteiger partial charge in [-0.2, -0.15) is 0 Å². The minimum atomic E-state index is -0.252. The van der Waals surface area contributed by atoms with Crippen molar-refractivity contribution in [3.63, 3.8) is 0 Å². The second-order valence-electron chi connectivity index (χ2n) is 7.37. The molecule has 0 bridgehead atoms. The minimum Gasteiger partial charge on any atom is -0.352 e. The maximum atomic E-state index is 12.5. The number of benzene rings is 2. The van der Waals surface area contributed by atoms with Crippen molar-refractivity contribution in [2.24, 2.45) is 0 Å². The molecular weight excluding hydrogens is 388 g/mol.